The van der Waals surface area contributed by atoms with E-state index in [0.29, 0.717) is 38.3 Å². The molecule has 13 nitrogen and oxygen atoms in total. The molecular formula is C40H48N6O7. The van der Waals surface area contributed by atoms with Crippen LogP contribution in [0.4, 0.5) is 15.3 Å². The number of carbonyl (C=O) groups is 3. The third-order valence-electron chi connectivity index (χ3n) is 8.58. The number of aliphatic imine (C=N–C) groups is 1. The van der Waals surface area contributed by atoms with E-state index >= 15 is 0 Å². The Balaban J connectivity index is 1.15. The van der Waals surface area contributed by atoms with Crippen LogP contribution in [0.1, 0.15) is 62.3 Å². The molecule has 0 saturated carbocycles. The van der Waals surface area contributed by atoms with Crippen LogP contribution in [0.25, 0.3) is 11.1 Å². The topological polar surface area (TPSA) is 157 Å². The summed E-state index contributed by atoms with van der Waals surface area (Å²) in [6.45, 7) is 11.2. The summed E-state index contributed by atoms with van der Waals surface area (Å²) in [7, 11) is 0. The van der Waals surface area contributed by atoms with Crippen LogP contribution < -0.4 is 25.0 Å². The van der Waals surface area contributed by atoms with Crippen molar-refractivity contribution in [3.63, 3.8) is 0 Å². The highest BCUT2D eigenvalue weighted by atomic mass is 16.6. The number of rotatable bonds is 12. The number of nitrogens with one attached hydrogen (secondary N) is 2. The number of hydrogen-bond donors (Lipinski definition) is 3. The molecule has 3 aromatic carbocycles. The monoisotopic (exact) mass is 724 g/mol. The van der Waals surface area contributed by atoms with Gasteiger partial charge in [-0.25, -0.2) is 9.59 Å². The molecule has 0 spiro atoms. The predicted molar refractivity (Wildman–Crippen MR) is 203 cm³/mol. The minimum absolute atomic E-state index is 0.104. The average molecular weight is 725 g/mol. The standard InChI is InChI=1S/C40H48N6O7/c1-27-11-6-17-35(28(27)2)52-21-10-18-36(47)46-20-9-15-33-32(14-8-16-34(33)46)30-24-42-45(26-30)25-29-12-7-13-31(23-29)51-22-19-41-37(43-38(48)49)44-39(50)53-40(3,4)5/h6-8,11-14,16-17,23-24,26H,9-10,15,18-22,25H2,1-5H3,(H,48,49)(H2,41,43,44,50). The van der Waals surface area contributed by atoms with E-state index in [2.05, 4.69) is 46.7 Å². The number of anilines is 1. The lowest BCUT2D eigenvalue weighted by Gasteiger charge is -2.31. The van der Waals surface area contributed by atoms with Crippen LogP contribution in [-0.4, -0.2) is 70.8 Å². The van der Waals surface area contributed by atoms with E-state index in [1.165, 1.54) is 5.56 Å². The zero-order chi connectivity index (χ0) is 38.0. The van der Waals surface area contributed by atoms with Crippen molar-refractivity contribution in [1.29, 1.82) is 0 Å². The van der Waals surface area contributed by atoms with Gasteiger partial charge in [0.2, 0.25) is 11.9 Å². The van der Waals surface area contributed by atoms with E-state index in [-0.39, 0.29) is 25.0 Å². The Morgan fingerprint density at radius 3 is 2.58 bits per heavy atom. The first-order chi connectivity index (χ1) is 25.4. The van der Waals surface area contributed by atoms with Crippen LogP contribution in [0.15, 0.2) is 78.0 Å². The first-order valence-electron chi connectivity index (χ1n) is 17.8. The number of nitrogens with zero attached hydrogens (tertiary/aromatic N) is 4. The molecule has 5 rings (SSSR count). The molecule has 4 aromatic rings. The number of hydrogen-bond acceptors (Lipinski definition) is 7. The number of amides is 3. The molecule has 0 bridgehead atoms. The van der Waals surface area contributed by atoms with E-state index in [0.717, 1.165) is 52.1 Å². The second-order valence-corrected chi connectivity index (χ2v) is 13.8. The summed E-state index contributed by atoms with van der Waals surface area (Å²) < 4.78 is 18.9. The third-order valence-corrected chi connectivity index (χ3v) is 8.58. The van der Waals surface area contributed by atoms with E-state index in [9.17, 15) is 14.4 Å². The number of aromatic nitrogens is 2. The van der Waals surface area contributed by atoms with Gasteiger partial charge in [-0.15, -0.1) is 4.99 Å². The average Bonchev–Trinajstić information content (AvgIpc) is 3.56. The van der Waals surface area contributed by atoms with Gasteiger partial charge in [-0.2, -0.15) is 5.10 Å². The second-order valence-electron chi connectivity index (χ2n) is 13.8. The first-order valence-corrected chi connectivity index (χ1v) is 17.8. The molecule has 0 atom stereocenters. The Kier molecular flexibility index (Phi) is 12.7. The maximum atomic E-state index is 13.4. The molecule has 0 aliphatic carbocycles. The van der Waals surface area contributed by atoms with Crippen LogP contribution >= 0.6 is 0 Å². The zero-order valence-electron chi connectivity index (χ0n) is 31.0. The summed E-state index contributed by atoms with van der Waals surface area (Å²) in [5.41, 5.74) is 6.69. The lowest BCUT2D eigenvalue weighted by Crippen LogP contribution is -2.45. The maximum absolute atomic E-state index is 13.4. The summed E-state index contributed by atoms with van der Waals surface area (Å²) in [6.07, 6.45) is 4.40. The number of alkyl carbamates (subject to hydrolysis) is 1. The quantitative estimate of drug-likeness (QED) is 0.0805. The van der Waals surface area contributed by atoms with E-state index in [4.69, 9.17) is 19.3 Å². The molecule has 0 fully saturated rings. The van der Waals surface area contributed by atoms with Crippen molar-refractivity contribution >= 4 is 29.7 Å². The van der Waals surface area contributed by atoms with Gasteiger partial charge < -0.3 is 29.5 Å². The molecule has 3 amide bonds. The normalized spacial score (nSPS) is 12.8. The van der Waals surface area contributed by atoms with Gasteiger partial charge in [-0.3, -0.25) is 14.8 Å². The number of fused-ring (bicyclic) bond motifs is 1. The molecule has 3 N–H and O–H groups in total. The van der Waals surface area contributed by atoms with Gasteiger partial charge in [-0.1, -0.05) is 36.4 Å². The molecule has 0 unspecified atom stereocenters. The highest BCUT2D eigenvalue weighted by Crippen LogP contribution is 2.36. The maximum Gasteiger partial charge on any atom is 0.434 e. The second kappa shape index (κ2) is 17.6. The molecule has 1 aliphatic rings. The smallest absolute Gasteiger partial charge is 0.434 e. The summed E-state index contributed by atoms with van der Waals surface area (Å²) in [5.74, 6) is 1.33. The SMILES string of the molecule is Cc1cccc(OCCCC(=O)N2CCCc3c(-c4cnn(Cc5cccc(OCCN/C(=N\C(=O)O)NC(=O)OC(C)(C)C)c5)c4)cccc32)c1C. The van der Waals surface area contributed by atoms with Gasteiger partial charge in [0.05, 0.1) is 25.9 Å². The number of aryl methyl sites for hydroxylation is 1. The van der Waals surface area contributed by atoms with Crippen LogP contribution in [0, 0.1) is 13.8 Å². The Morgan fingerprint density at radius 1 is 1.00 bits per heavy atom. The number of benzene rings is 3. The van der Waals surface area contributed by atoms with Crippen molar-refractivity contribution < 1.29 is 33.7 Å². The van der Waals surface area contributed by atoms with Gasteiger partial charge in [0.15, 0.2) is 0 Å². The lowest BCUT2D eigenvalue weighted by molar-refractivity contribution is -0.118. The Hall–Kier alpha value is -5.85. The minimum Gasteiger partial charge on any atom is -0.493 e. The van der Waals surface area contributed by atoms with E-state index in [1.807, 2.05) is 70.5 Å². The fourth-order valence-corrected chi connectivity index (χ4v) is 6.03. The Labute approximate surface area is 310 Å². The van der Waals surface area contributed by atoms with Gasteiger partial charge in [0.1, 0.15) is 23.7 Å². The molecule has 53 heavy (non-hydrogen) atoms. The van der Waals surface area contributed by atoms with E-state index < -0.39 is 17.8 Å². The molecule has 0 saturated heterocycles. The zero-order valence-corrected chi connectivity index (χ0v) is 31.0. The fourth-order valence-electron chi connectivity index (χ4n) is 6.03. The first kappa shape index (κ1) is 38.4. The molecule has 280 valence electrons. The molecule has 1 aromatic heterocycles. The molecular weight excluding hydrogens is 676 g/mol. The highest BCUT2D eigenvalue weighted by Gasteiger charge is 2.25. The molecule has 13 heteroatoms. The van der Waals surface area contributed by atoms with Crippen molar-refractivity contribution in [1.82, 2.24) is 20.4 Å². The van der Waals surface area contributed by atoms with Gasteiger partial charge in [0.25, 0.3) is 0 Å². The van der Waals surface area contributed by atoms with Crippen LogP contribution in [0.2, 0.25) is 0 Å². The van der Waals surface area contributed by atoms with Gasteiger partial charge in [-0.05, 0) is 106 Å². The highest BCUT2D eigenvalue weighted by molar-refractivity contribution is 5.98. The van der Waals surface area contributed by atoms with Crippen molar-refractivity contribution in [3.8, 4) is 22.6 Å². The molecule has 1 aliphatic heterocycles. The van der Waals surface area contributed by atoms with Crippen LogP contribution in [0.5, 0.6) is 11.5 Å². The van der Waals surface area contributed by atoms with Crippen LogP contribution in [0.3, 0.4) is 0 Å². The Bertz CT molecular complexity index is 1950. The van der Waals surface area contributed by atoms with Crippen molar-refractivity contribution in [2.45, 2.75) is 72.4 Å². The number of carbonyl (C=O) groups excluding carboxylic acids is 2. The van der Waals surface area contributed by atoms with Crippen molar-refractivity contribution in [3.05, 3.63) is 95.3 Å². The molecule has 2 heterocycles. The summed E-state index contributed by atoms with van der Waals surface area (Å²) in [6, 6.07) is 19.7. The summed E-state index contributed by atoms with van der Waals surface area (Å²) in [5, 5.41) is 18.8. The van der Waals surface area contributed by atoms with Crippen molar-refractivity contribution in [2.24, 2.45) is 4.99 Å². The summed E-state index contributed by atoms with van der Waals surface area (Å²) >= 11 is 0. The number of ether oxygens (including phenoxy) is 3. The van der Waals surface area contributed by atoms with Gasteiger partial charge >= 0.3 is 12.2 Å². The lowest BCUT2D eigenvalue weighted by atomic mass is 9.93. The predicted octanol–water partition coefficient (Wildman–Crippen LogP) is 6.88. The van der Waals surface area contributed by atoms with E-state index in [1.54, 1.807) is 20.8 Å². The molecule has 0 radical (unpaired) electrons. The largest absolute Gasteiger partial charge is 0.493 e. The minimum atomic E-state index is -1.47. The number of carboxylic acid groups (broad SMARTS) is 1. The van der Waals surface area contributed by atoms with Crippen molar-refractivity contribution in [2.75, 3.05) is 31.2 Å². The Morgan fingerprint density at radius 2 is 1.79 bits per heavy atom. The number of guanidine groups is 1. The van der Waals surface area contributed by atoms with Gasteiger partial charge in [0, 0.05) is 30.4 Å². The van der Waals surface area contributed by atoms with Crippen LogP contribution in [-0.2, 0) is 22.5 Å². The third kappa shape index (κ3) is 11.1. The summed E-state index contributed by atoms with van der Waals surface area (Å²) in [4.78, 5) is 41.9. The fraction of sp³-hybridized carbons (Fsp3) is 0.375.